The fourth-order valence-corrected chi connectivity index (χ4v) is 1.99. The molecule has 1 atom stereocenters. The summed E-state index contributed by atoms with van der Waals surface area (Å²) in [6.07, 6.45) is 1.09. The molecule has 3 nitrogen and oxygen atoms in total. The Labute approximate surface area is 117 Å². The number of nitrogens with one attached hydrogen (secondary N) is 1. The highest BCUT2D eigenvalue weighted by Crippen LogP contribution is 2.18. The van der Waals surface area contributed by atoms with Crippen molar-refractivity contribution in [1.29, 1.82) is 0 Å². The third-order valence-electron chi connectivity index (χ3n) is 3.23. The summed E-state index contributed by atoms with van der Waals surface area (Å²) in [5.74, 6) is 0.614. The van der Waals surface area contributed by atoms with E-state index in [2.05, 4.69) is 33.0 Å². The van der Waals surface area contributed by atoms with E-state index in [4.69, 9.17) is 0 Å². The van der Waals surface area contributed by atoms with Crippen LogP contribution in [0.25, 0.3) is 0 Å². The molecule has 3 heteroatoms. The van der Waals surface area contributed by atoms with E-state index in [1.165, 1.54) is 0 Å². The molecule has 0 spiro atoms. The van der Waals surface area contributed by atoms with Gasteiger partial charge in [0, 0.05) is 25.3 Å². The average molecular weight is 262 g/mol. The molecule has 0 aliphatic carbocycles. The Morgan fingerprint density at radius 1 is 1.26 bits per heavy atom. The van der Waals surface area contributed by atoms with E-state index < -0.39 is 0 Å². The van der Waals surface area contributed by atoms with Gasteiger partial charge in [0.25, 0.3) is 5.91 Å². The fraction of sp³-hybridized carbons (Fsp3) is 0.562. The van der Waals surface area contributed by atoms with Crippen molar-refractivity contribution < 1.29 is 4.79 Å². The lowest BCUT2D eigenvalue weighted by Gasteiger charge is -2.23. The van der Waals surface area contributed by atoms with Gasteiger partial charge in [0.1, 0.15) is 0 Å². The largest absolute Gasteiger partial charge is 0.382 e. The summed E-state index contributed by atoms with van der Waals surface area (Å²) in [5, 5.41) is 3.33. The molecule has 1 rings (SSSR count). The second-order valence-electron chi connectivity index (χ2n) is 5.54. The van der Waals surface area contributed by atoms with E-state index in [0.717, 1.165) is 24.2 Å². The van der Waals surface area contributed by atoms with Crippen LogP contribution in [0.4, 0.5) is 5.69 Å². The molecule has 1 N–H and O–H groups in total. The first-order valence-electron chi connectivity index (χ1n) is 7.06. The molecule has 0 heterocycles. The van der Waals surface area contributed by atoms with Gasteiger partial charge >= 0.3 is 0 Å². The van der Waals surface area contributed by atoms with Crippen molar-refractivity contribution in [3.63, 3.8) is 0 Å². The van der Waals surface area contributed by atoms with Crippen molar-refractivity contribution >= 4 is 11.6 Å². The predicted molar refractivity (Wildman–Crippen MR) is 81.6 cm³/mol. The molecule has 0 bridgehead atoms. The number of nitrogens with zero attached hydrogens (tertiary/aromatic N) is 1. The Hall–Kier alpha value is -1.51. The fourth-order valence-electron chi connectivity index (χ4n) is 1.99. The molecule has 0 aromatic heterocycles. The van der Waals surface area contributed by atoms with Crippen molar-refractivity contribution in [3.8, 4) is 0 Å². The number of amides is 1. The Morgan fingerprint density at radius 3 is 2.47 bits per heavy atom. The molecule has 0 radical (unpaired) electrons. The highest BCUT2D eigenvalue weighted by atomic mass is 16.2. The van der Waals surface area contributed by atoms with Crippen LogP contribution in [0.3, 0.4) is 0 Å². The van der Waals surface area contributed by atoms with Crippen LogP contribution in [-0.4, -0.2) is 30.4 Å². The van der Waals surface area contributed by atoms with Crippen molar-refractivity contribution in [2.75, 3.05) is 18.9 Å². The lowest BCUT2D eigenvalue weighted by atomic mass is 10.1. The maximum Gasteiger partial charge on any atom is 0.255 e. The van der Waals surface area contributed by atoms with Gasteiger partial charge in [-0.05, 0) is 31.9 Å². The number of benzene rings is 1. The van der Waals surface area contributed by atoms with Crippen molar-refractivity contribution in [2.24, 2.45) is 5.92 Å². The molecular weight excluding hydrogens is 236 g/mol. The van der Waals surface area contributed by atoms with Crippen molar-refractivity contribution in [2.45, 2.75) is 40.2 Å². The Balaban J connectivity index is 2.86. The van der Waals surface area contributed by atoms with Gasteiger partial charge in [-0.15, -0.1) is 0 Å². The minimum absolute atomic E-state index is 0.0871. The highest BCUT2D eigenvalue weighted by molar-refractivity contribution is 5.99. The van der Waals surface area contributed by atoms with Gasteiger partial charge in [-0.2, -0.15) is 0 Å². The monoisotopic (exact) mass is 262 g/mol. The van der Waals surface area contributed by atoms with E-state index in [0.29, 0.717) is 12.0 Å². The van der Waals surface area contributed by atoms with Gasteiger partial charge in [0.2, 0.25) is 0 Å². The molecule has 0 fully saturated rings. The normalized spacial score (nSPS) is 12.3. The molecule has 1 aromatic rings. The minimum Gasteiger partial charge on any atom is -0.382 e. The number of para-hydroxylation sites is 1. The summed E-state index contributed by atoms with van der Waals surface area (Å²) in [4.78, 5) is 14.3. The van der Waals surface area contributed by atoms with Crippen molar-refractivity contribution in [3.05, 3.63) is 29.8 Å². The first-order valence-corrected chi connectivity index (χ1v) is 7.06. The zero-order valence-electron chi connectivity index (χ0n) is 12.7. The molecule has 0 saturated heterocycles. The third-order valence-corrected chi connectivity index (χ3v) is 3.23. The average Bonchev–Trinajstić information content (AvgIpc) is 2.37. The first kappa shape index (κ1) is 15.5. The second-order valence-corrected chi connectivity index (χ2v) is 5.54. The smallest absolute Gasteiger partial charge is 0.255 e. The zero-order valence-corrected chi connectivity index (χ0v) is 12.7. The summed E-state index contributed by atoms with van der Waals surface area (Å²) < 4.78 is 0. The van der Waals surface area contributed by atoms with Crippen LogP contribution in [0.2, 0.25) is 0 Å². The predicted octanol–water partition coefficient (Wildman–Crippen LogP) is 3.63. The molecule has 1 unspecified atom stereocenters. The maximum absolute atomic E-state index is 12.5. The van der Waals surface area contributed by atoms with E-state index in [1.54, 1.807) is 0 Å². The number of hydrogen-bond donors (Lipinski definition) is 1. The summed E-state index contributed by atoms with van der Waals surface area (Å²) in [5.41, 5.74) is 1.67. The first-order chi connectivity index (χ1) is 8.95. The Kier molecular flexibility index (Phi) is 5.87. The van der Waals surface area contributed by atoms with Crippen LogP contribution in [-0.2, 0) is 0 Å². The summed E-state index contributed by atoms with van der Waals surface area (Å²) in [6.45, 7) is 9.26. The summed E-state index contributed by atoms with van der Waals surface area (Å²) in [6, 6.07) is 8.03. The van der Waals surface area contributed by atoms with Crippen LogP contribution in [0.15, 0.2) is 24.3 Å². The standard InChI is InChI=1S/C16H26N2O/c1-6-13(4)11-18(5)16(19)14-9-7-8-10-15(14)17-12(2)3/h7-10,12-13,17H,6,11H2,1-5H3. The van der Waals surface area contributed by atoms with Gasteiger partial charge in [-0.3, -0.25) is 4.79 Å². The molecule has 1 amide bonds. The van der Waals surface area contributed by atoms with Crippen LogP contribution in [0.5, 0.6) is 0 Å². The lowest BCUT2D eigenvalue weighted by Crippen LogP contribution is -2.31. The molecule has 0 saturated carbocycles. The Bertz CT molecular complexity index is 415. The van der Waals surface area contributed by atoms with Crippen molar-refractivity contribution in [1.82, 2.24) is 4.90 Å². The topological polar surface area (TPSA) is 32.3 Å². The summed E-state index contributed by atoms with van der Waals surface area (Å²) in [7, 11) is 1.88. The molecule has 19 heavy (non-hydrogen) atoms. The third kappa shape index (κ3) is 4.58. The molecule has 1 aromatic carbocycles. The highest BCUT2D eigenvalue weighted by Gasteiger charge is 2.17. The van der Waals surface area contributed by atoms with Gasteiger partial charge in [-0.25, -0.2) is 0 Å². The van der Waals surface area contributed by atoms with Crippen LogP contribution in [0, 0.1) is 5.92 Å². The van der Waals surface area contributed by atoms with E-state index in [-0.39, 0.29) is 5.91 Å². The van der Waals surface area contributed by atoms with Gasteiger partial charge in [0.05, 0.1) is 5.56 Å². The molecule has 106 valence electrons. The number of anilines is 1. The van der Waals surface area contributed by atoms with E-state index in [1.807, 2.05) is 36.2 Å². The molecule has 0 aliphatic rings. The number of carbonyl (C=O) groups is 1. The van der Waals surface area contributed by atoms with Crippen LogP contribution in [0.1, 0.15) is 44.5 Å². The zero-order chi connectivity index (χ0) is 14.4. The molecular formula is C16H26N2O. The van der Waals surface area contributed by atoms with Gasteiger partial charge in [-0.1, -0.05) is 32.4 Å². The quantitative estimate of drug-likeness (QED) is 0.849. The van der Waals surface area contributed by atoms with Gasteiger partial charge in [0.15, 0.2) is 0 Å². The number of carbonyl (C=O) groups excluding carboxylic acids is 1. The van der Waals surface area contributed by atoms with Crippen LogP contribution < -0.4 is 5.32 Å². The number of rotatable bonds is 6. The van der Waals surface area contributed by atoms with E-state index >= 15 is 0 Å². The van der Waals surface area contributed by atoms with Crippen LogP contribution >= 0.6 is 0 Å². The minimum atomic E-state index is 0.0871. The Morgan fingerprint density at radius 2 is 1.89 bits per heavy atom. The lowest BCUT2D eigenvalue weighted by molar-refractivity contribution is 0.0776. The number of hydrogen-bond acceptors (Lipinski definition) is 2. The van der Waals surface area contributed by atoms with E-state index in [9.17, 15) is 4.79 Å². The molecule has 0 aliphatic heterocycles. The van der Waals surface area contributed by atoms with Gasteiger partial charge < -0.3 is 10.2 Å². The second kappa shape index (κ2) is 7.17. The summed E-state index contributed by atoms with van der Waals surface area (Å²) >= 11 is 0. The maximum atomic E-state index is 12.5. The SMILES string of the molecule is CCC(C)CN(C)C(=O)c1ccccc1NC(C)C.